The average molecular weight is 231 g/mol. The molecule has 17 heavy (non-hydrogen) atoms. The molecule has 0 saturated heterocycles. The Morgan fingerprint density at radius 1 is 1.35 bits per heavy atom. The van der Waals surface area contributed by atoms with E-state index in [1.165, 1.54) is 0 Å². The Morgan fingerprint density at radius 3 is 2.76 bits per heavy atom. The maximum Gasteiger partial charge on any atom is 0.0935 e. The molecular weight excluding hydrogens is 214 g/mol. The van der Waals surface area contributed by atoms with Crippen LogP contribution in [0.1, 0.15) is 30.0 Å². The molecule has 2 aromatic heterocycles. The van der Waals surface area contributed by atoms with Gasteiger partial charge >= 0.3 is 0 Å². The third-order valence-electron chi connectivity index (χ3n) is 2.73. The molecular formula is C12H17N5. The Morgan fingerprint density at radius 2 is 2.18 bits per heavy atom. The predicted molar refractivity (Wildman–Crippen MR) is 65.6 cm³/mol. The molecule has 0 radical (unpaired) electrons. The lowest BCUT2D eigenvalue weighted by Gasteiger charge is -2.16. The van der Waals surface area contributed by atoms with Gasteiger partial charge in [0.25, 0.3) is 0 Å². The van der Waals surface area contributed by atoms with Crippen LogP contribution in [0.4, 0.5) is 0 Å². The Kier molecular flexibility index (Phi) is 3.49. The summed E-state index contributed by atoms with van der Waals surface area (Å²) in [5, 5.41) is 7.53. The molecule has 1 atom stereocenters. The van der Waals surface area contributed by atoms with Crippen molar-refractivity contribution < 1.29 is 0 Å². The third-order valence-corrected chi connectivity index (χ3v) is 2.73. The van der Waals surface area contributed by atoms with Crippen LogP contribution in [0.2, 0.25) is 0 Å². The molecule has 1 N–H and O–H groups in total. The standard InChI is InChI=1S/C12H17N5/c1-4-17-11(5-6-16-17)12(13-3)10-8-14-9(2)7-15-10/h5-8,12-13H,4H2,1-3H3. The van der Waals surface area contributed by atoms with Crippen molar-refractivity contribution in [3.05, 3.63) is 41.7 Å². The van der Waals surface area contributed by atoms with E-state index in [-0.39, 0.29) is 6.04 Å². The zero-order valence-corrected chi connectivity index (χ0v) is 10.4. The van der Waals surface area contributed by atoms with Crippen molar-refractivity contribution in [3.8, 4) is 0 Å². The normalized spacial score (nSPS) is 12.6. The number of hydrogen-bond acceptors (Lipinski definition) is 4. The summed E-state index contributed by atoms with van der Waals surface area (Å²) in [5.41, 5.74) is 2.94. The first-order valence-corrected chi connectivity index (χ1v) is 5.73. The number of nitrogens with zero attached hydrogens (tertiary/aromatic N) is 4. The van der Waals surface area contributed by atoms with Gasteiger partial charge in [-0.3, -0.25) is 14.6 Å². The zero-order valence-electron chi connectivity index (χ0n) is 10.4. The van der Waals surface area contributed by atoms with Crippen molar-refractivity contribution in [1.82, 2.24) is 25.1 Å². The highest BCUT2D eigenvalue weighted by Crippen LogP contribution is 2.18. The summed E-state index contributed by atoms with van der Waals surface area (Å²) >= 11 is 0. The van der Waals surface area contributed by atoms with Crippen LogP contribution < -0.4 is 5.32 Å². The topological polar surface area (TPSA) is 55.6 Å². The summed E-state index contributed by atoms with van der Waals surface area (Å²) in [4.78, 5) is 8.70. The second kappa shape index (κ2) is 5.05. The van der Waals surface area contributed by atoms with Crippen LogP contribution in [0.15, 0.2) is 24.7 Å². The Labute approximate surface area is 101 Å². The van der Waals surface area contributed by atoms with Crippen molar-refractivity contribution in [2.75, 3.05) is 7.05 Å². The van der Waals surface area contributed by atoms with Gasteiger partial charge in [-0.05, 0) is 27.0 Å². The fraction of sp³-hybridized carbons (Fsp3) is 0.417. The minimum Gasteiger partial charge on any atom is -0.307 e. The molecule has 2 aromatic rings. The molecule has 2 heterocycles. The lowest BCUT2D eigenvalue weighted by Crippen LogP contribution is -2.22. The van der Waals surface area contributed by atoms with Crippen LogP contribution in [0.25, 0.3) is 0 Å². The number of aromatic nitrogens is 4. The zero-order chi connectivity index (χ0) is 12.3. The summed E-state index contributed by atoms with van der Waals surface area (Å²) in [5.74, 6) is 0. The molecule has 0 aromatic carbocycles. The van der Waals surface area contributed by atoms with Crippen molar-refractivity contribution >= 4 is 0 Å². The first-order chi connectivity index (χ1) is 8.26. The number of hydrogen-bond donors (Lipinski definition) is 1. The van der Waals surface area contributed by atoms with E-state index in [9.17, 15) is 0 Å². The van der Waals surface area contributed by atoms with Crippen molar-refractivity contribution in [2.24, 2.45) is 0 Å². The molecule has 0 aliphatic carbocycles. The quantitative estimate of drug-likeness (QED) is 0.862. The van der Waals surface area contributed by atoms with Crippen LogP contribution in [-0.4, -0.2) is 26.8 Å². The first kappa shape index (κ1) is 11.7. The lowest BCUT2D eigenvalue weighted by atomic mass is 10.1. The summed E-state index contributed by atoms with van der Waals surface area (Å²) in [6, 6.07) is 2.04. The van der Waals surface area contributed by atoms with Gasteiger partial charge in [0, 0.05) is 18.9 Å². The summed E-state index contributed by atoms with van der Waals surface area (Å²) < 4.78 is 1.96. The SMILES string of the molecule is CCn1nccc1C(NC)c1cnc(C)cn1. The van der Waals surface area contributed by atoms with Crippen LogP contribution in [0, 0.1) is 6.92 Å². The van der Waals surface area contributed by atoms with E-state index in [0.717, 1.165) is 23.6 Å². The second-order valence-electron chi connectivity index (χ2n) is 3.88. The van der Waals surface area contributed by atoms with Gasteiger partial charge in [-0.2, -0.15) is 5.10 Å². The summed E-state index contributed by atoms with van der Waals surface area (Å²) in [6.07, 6.45) is 5.40. The number of rotatable bonds is 4. The first-order valence-electron chi connectivity index (χ1n) is 5.73. The van der Waals surface area contributed by atoms with Gasteiger partial charge in [-0.1, -0.05) is 0 Å². The lowest BCUT2D eigenvalue weighted by molar-refractivity contribution is 0.554. The third kappa shape index (κ3) is 2.34. The van der Waals surface area contributed by atoms with E-state index >= 15 is 0 Å². The second-order valence-corrected chi connectivity index (χ2v) is 3.88. The molecule has 90 valence electrons. The maximum absolute atomic E-state index is 4.41. The Balaban J connectivity index is 2.36. The van der Waals surface area contributed by atoms with Crippen molar-refractivity contribution in [3.63, 3.8) is 0 Å². The van der Waals surface area contributed by atoms with Gasteiger partial charge in [0.15, 0.2) is 0 Å². The van der Waals surface area contributed by atoms with Gasteiger partial charge in [0.2, 0.25) is 0 Å². The number of nitrogens with one attached hydrogen (secondary N) is 1. The highest BCUT2D eigenvalue weighted by molar-refractivity contribution is 5.20. The van der Waals surface area contributed by atoms with Crippen LogP contribution in [-0.2, 0) is 6.54 Å². The molecule has 2 rings (SSSR count). The molecule has 0 saturated carbocycles. The minimum absolute atomic E-state index is 0.0329. The average Bonchev–Trinajstić information content (AvgIpc) is 2.81. The van der Waals surface area contributed by atoms with Gasteiger partial charge in [0.05, 0.1) is 29.3 Å². The van der Waals surface area contributed by atoms with E-state index in [1.807, 2.05) is 37.1 Å². The largest absolute Gasteiger partial charge is 0.307 e. The molecule has 0 aliphatic heterocycles. The maximum atomic E-state index is 4.41. The molecule has 1 unspecified atom stereocenters. The minimum atomic E-state index is 0.0329. The highest BCUT2D eigenvalue weighted by Gasteiger charge is 2.17. The molecule has 0 spiro atoms. The van der Waals surface area contributed by atoms with Crippen LogP contribution in [0.3, 0.4) is 0 Å². The number of aryl methyl sites for hydroxylation is 2. The van der Waals surface area contributed by atoms with Gasteiger partial charge in [-0.25, -0.2) is 0 Å². The van der Waals surface area contributed by atoms with E-state index in [1.54, 1.807) is 6.20 Å². The van der Waals surface area contributed by atoms with E-state index in [0.29, 0.717) is 0 Å². The summed E-state index contributed by atoms with van der Waals surface area (Å²) in [7, 11) is 1.92. The Hall–Kier alpha value is -1.75. The van der Waals surface area contributed by atoms with E-state index < -0.39 is 0 Å². The molecule has 0 amide bonds. The van der Waals surface area contributed by atoms with Gasteiger partial charge in [-0.15, -0.1) is 0 Å². The Bertz CT molecular complexity index is 474. The molecule has 5 nitrogen and oxygen atoms in total. The smallest absolute Gasteiger partial charge is 0.0935 e. The van der Waals surface area contributed by atoms with Gasteiger partial charge in [0.1, 0.15) is 0 Å². The van der Waals surface area contributed by atoms with E-state index in [2.05, 4.69) is 27.3 Å². The van der Waals surface area contributed by atoms with Crippen molar-refractivity contribution in [1.29, 1.82) is 0 Å². The van der Waals surface area contributed by atoms with Crippen molar-refractivity contribution in [2.45, 2.75) is 26.4 Å². The van der Waals surface area contributed by atoms with Crippen LogP contribution in [0.5, 0.6) is 0 Å². The van der Waals surface area contributed by atoms with E-state index in [4.69, 9.17) is 0 Å². The predicted octanol–water partition coefficient (Wildman–Crippen LogP) is 1.31. The molecule has 5 heteroatoms. The molecule has 0 bridgehead atoms. The molecule has 0 fully saturated rings. The molecule has 0 aliphatic rings. The fourth-order valence-corrected chi connectivity index (χ4v) is 1.85. The van der Waals surface area contributed by atoms with Crippen LogP contribution >= 0.6 is 0 Å². The summed E-state index contributed by atoms with van der Waals surface area (Å²) in [6.45, 7) is 4.85. The fourth-order valence-electron chi connectivity index (χ4n) is 1.85. The highest BCUT2D eigenvalue weighted by atomic mass is 15.3. The van der Waals surface area contributed by atoms with Gasteiger partial charge < -0.3 is 5.32 Å². The monoisotopic (exact) mass is 231 g/mol.